The zero-order valence-electron chi connectivity index (χ0n) is 11.5. The maximum absolute atomic E-state index is 6.28. The number of nitrogens with zero attached hydrogens (tertiary/aromatic N) is 1. The zero-order chi connectivity index (χ0) is 12.0. The van der Waals surface area contributed by atoms with E-state index < -0.39 is 0 Å². The Balaban J connectivity index is 2.19. The van der Waals surface area contributed by atoms with E-state index in [0.717, 1.165) is 19.0 Å². The molecular weight excluding hydrogens is 196 g/mol. The van der Waals surface area contributed by atoms with Gasteiger partial charge in [0.15, 0.2) is 0 Å². The van der Waals surface area contributed by atoms with Crippen molar-refractivity contribution < 1.29 is 0 Å². The van der Waals surface area contributed by atoms with Crippen LogP contribution in [0.2, 0.25) is 0 Å². The average molecular weight is 226 g/mol. The van der Waals surface area contributed by atoms with E-state index in [-0.39, 0.29) is 5.54 Å². The lowest BCUT2D eigenvalue weighted by Crippen LogP contribution is -2.67. The molecule has 2 nitrogen and oxygen atoms in total. The minimum atomic E-state index is 0.151. The van der Waals surface area contributed by atoms with E-state index in [1.54, 1.807) is 0 Å². The van der Waals surface area contributed by atoms with E-state index in [1.165, 1.54) is 45.1 Å². The lowest BCUT2D eigenvalue weighted by Gasteiger charge is -2.49. The van der Waals surface area contributed by atoms with Gasteiger partial charge in [0.2, 0.25) is 0 Å². The highest BCUT2D eigenvalue weighted by molar-refractivity contribution is 4.99. The highest BCUT2D eigenvalue weighted by Gasteiger charge is 2.38. The minimum absolute atomic E-state index is 0.151. The van der Waals surface area contributed by atoms with Crippen molar-refractivity contribution in [3.05, 3.63) is 0 Å². The van der Waals surface area contributed by atoms with Crippen LogP contribution >= 0.6 is 0 Å². The van der Waals surface area contributed by atoms with Gasteiger partial charge < -0.3 is 5.73 Å². The molecule has 0 bridgehead atoms. The van der Waals surface area contributed by atoms with Gasteiger partial charge in [0.1, 0.15) is 0 Å². The molecule has 0 radical (unpaired) electrons. The predicted octanol–water partition coefficient (Wildman–Crippen LogP) is 3.02. The third-order valence-corrected chi connectivity index (χ3v) is 3.88. The van der Waals surface area contributed by atoms with Crippen LogP contribution in [-0.4, -0.2) is 30.1 Å². The van der Waals surface area contributed by atoms with Crippen molar-refractivity contribution in [1.82, 2.24) is 4.90 Å². The first-order chi connectivity index (χ1) is 7.63. The third-order valence-electron chi connectivity index (χ3n) is 3.88. The Hall–Kier alpha value is -0.0800. The molecule has 0 saturated carbocycles. The summed E-state index contributed by atoms with van der Waals surface area (Å²) in [5.74, 6) is 0.895. The van der Waals surface area contributed by atoms with E-state index in [1.807, 2.05) is 0 Å². The number of likely N-dealkylation sites (tertiary alicyclic amines) is 1. The summed E-state index contributed by atoms with van der Waals surface area (Å²) in [5, 5.41) is 0. The van der Waals surface area contributed by atoms with E-state index in [0.29, 0.717) is 0 Å². The second-order valence-electron chi connectivity index (χ2n) is 5.70. The molecule has 0 aromatic heterocycles. The molecule has 1 heterocycles. The average Bonchev–Trinajstić information content (AvgIpc) is 2.22. The Kier molecular flexibility index (Phi) is 5.77. The van der Waals surface area contributed by atoms with Gasteiger partial charge in [0.25, 0.3) is 0 Å². The largest absolute Gasteiger partial charge is 0.323 e. The van der Waals surface area contributed by atoms with Gasteiger partial charge in [-0.15, -0.1) is 0 Å². The summed E-state index contributed by atoms with van der Waals surface area (Å²) < 4.78 is 0. The molecule has 1 aliphatic rings. The van der Waals surface area contributed by atoms with Crippen molar-refractivity contribution in [3.63, 3.8) is 0 Å². The van der Waals surface area contributed by atoms with Crippen LogP contribution in [0.4, 0.5) is 0 Å². The predicted molar refractivity (Wildman–Crippen MR) is 71.6 cm³/mol. The van der Waals surface area contributed by atoms with Gasteiger partial charge in [-0.25, -0.2) is 0 Å². The summed E-state index contributed by atoms with van der Waals surface area (Å²) in [6.07, 6.45) is 7.84. The fourth-order valence-corrected chi connectivity index (χ4v) is 2.91. The maximum atomic E-state index is 6.28. The fraction of sp³-hybridized carbons (Fsp3) is 1.00. The van der Waals surface area contributed by atoms with Gasteiger partial charge in [-0.2, -0.15) is 0 Å². The van der Waals surface area contributed by atoms with Gasteiger partial charge in [0, 0.05) is 25.2 Å². The van der Waals surface area contributed by atoms with Crippen LogP contribution in [0.5, 0.6) is 0 Å². The smallest absolute Gasteiger partial charge is 0.0412 e. The summed E-state index contributed by atoms with van der Waals surface area (Å²) in [7, 11) is 0. The molecule has 1 unspecified atom stereocenters. The van der Waals surface area contributed by atoms with E-state index in [2.05, 4.69) is 25.7 Å². The Morgan fingerprint density at radius 2 is 1.88 bits per heavy atom. The van der Waals surface area contributed by atoms with Crippen molar-refractivity contribution in [2.45, 2.75) is 64.8 Å². The maximum Gasteiger partial charge on any atom is 0.0412 e. The molecule has 0 aromatic carbocycles. The van der Waals surface area contributed by atoms with Crippen LogP contribution in [-0.2, 0) is 0 Å². The molecule has 0 spiro atoms. The number of hydrogen-bond acceptors (Lipinski definition) is 2. The molecule has 1 saturated heterocycles. The Bertz CT molecular complexity index is 185. The first kappa shape index (κ1) is 14.0. The van der Waals surface area contributed by atoms with Gasteiger partial charge in [0.05, 0.1) is 0 Å². The molecule has 0 aliphatic carbocycles. The highest BCUT2D eigenvalue weighted by Crippen LogP contribution is 2.25. The second-order valence-corrected chi connectivity index (χ2v) is 5.70. The van der Waals surface area contributed by atoms with Crippen molar-refractivity contribution >= 4 is 0 Å². The molecule has 1 aliphatic heterocycles. The lowest BCUT2D eigenvalue weighted by molar-refractivity contribution is 0.0467. The van der Waals surface area contributed by atoms with Gasteiger partial charge in [-0.1, -0.05) is 46.5 Å². The quantitative estimate of drug-likeness (QED) is 0.689. The van der Waals surface area contributed by atoms with Crippen LogP contribution in [0.1, 0.15) is 59.3 Å². The molecule has 0 aromatic rings. The lowest BCUT2D eigenvalue weighted by atomic mass is 9.85. The molecular formula is C14H30N2. The third kappa shape index (κ3) is 4.06. The number of unbranched alkanes of at least 4 members (excludes halogenated alkanes) is 1. The van der Waals surface area contributed by atoms with Gasteiger partial charge in [-0.05, 0) is 18.8 Å². The molecule has 16 heavy (non-hydrogen) atoms. The molecule has 0 amide bonds. The molecule has 2 heteroatoms. The molecule has 1 fully saturated rings. The standard InChI is InChI=1S/C14H30N2/c1-4-7-8-13(6-3)10-16-11-14(15,12-16)9-5-2/h13H,4-12,15H2,1-3H3. The van der Waals surface area contributed by atoms with Crippen LogP contribution in [0.25, 0.3) is 0 Å². The van der Waals surface area contributed by atoms with Crippen LogP contribution < -0.4 is 5.73 Å². The molecule has 1 rings (SSSR count). The van der Waals surface area contributed by atoms with Crippen molar-refractivity contribution in [2.75, 3.05) is 19.6 Å². The Morgan fingerprint density at radius 1 is 1.19 bits per heavy atom. The van der Waals surface area contributed by atoms with E-state index in [4.69, 9.17) is 5.73 Å². The fourth-order valence-electron chi connectivity index (χ4n) is 2.91. The summed E-state index contributed by atoms with van der Waals surface area (Å²) >= 11 is 0. The van der Waals surface area contributed by atoms with Crippen molar-refractivity contribution in [1.29, 1.82) is 0 Å². The molecule has 96 valence electrons. The number of rotatable bonds is 8. The van der Waals surface area contributed by atoms with E-state index in [9.17, 15) is 0 Å². The summed E-state index contributed by atoms with van der Waals surface area (Å²) in [6, 6.07) is 0. The number of nitrogens with two attached hydrogens (primary N) is 1. The molecule has 1 atom stereocenters. The zero-order valence-corrected chi connectivity index (χ0v) is 11.5. The summed E-state index contributed by atoms with van der Waals surface area (Å²) in [5.41, 5.74) is 6.43. The normalized spacial score (nSPS) is 21.8. The summed E-state index contributed by atoms with van der Waals surface area (Å²) in [6.45, 7) is 10.4. The monoisotopic (exact) mass is 226 g/mol. The van der Waals surface area contributed by atoms with Crippen LogP contribution in [0.15, 0.2) is 0 Å². The van der Waals surface area contributed by atoms with Crippen LogP contribution in [0.3, 0.4) is 0 Å². The van der Waals surface area contributed by atoms with Crippen molar-refractivity contribution in [3.8, 4) is 0 Å². The summed E-state index contributed by atoms with van der Waals surface area (Å²) in [4.78, 5) is 2.56. The number of hydrogen-bond donors (Lipinski definition) is 1. The van der Waals surface area contributed by atoms with Gasteiger partial charge in [-0.3, -0.25) is 4.90 Å². The topological polar surface area (TPSA) is 29.3 Å². The Labute approximate surface area is 102 Å². The van der Waals surface area contributed by atoms with E-state index >= 15 is 0 Å². The minimum Gasteiger partial charge on any atom is -0.323 e. The first-order valence-corrected chi connectivity index (χ1v) is 7.14. The second kappa shape index (κ2) is 6.61. The van der Waals surface area contributed by atoms with Crippen molar-refractivity contribution in [2.24, 2.45) is 11.7 Å². The van der Waals surface area contributed by atoms with Gasteiger partial charge >= 0.3 is 0 Å². The molecule has 2 N–H and O–H groups in total. The van der Waals surface area contributed by atoms with Crippen LogP contribution in [0, 0.1) is 5.92 Å². The highest BCUT2D eigenvalue weighted by atomic mass is 15.2. The SMILES string of the molecule is CCCCC(CC)CN1CC(N)(CCC)C1. The Morgan fingerprint density at radius 3 is 2.38 bits per heavy atom. The first-order valence-electron chi connectivity index (χ1n) is 7.14.